The molecule has 0 rings (SSSR count). The van der Waals surface area contributed by atoms with Gasteiger partial charge in [0, 0.05) is 6.92 Å². The highest BCUT2D eigenvalue weighted by Gasteiger charge is 2.43. The summed E-state index contributed by atoms with van der Waals surface area (Å²) in [6, 6.07) is 0. The Balaban J connectivity index is 4.74. The molecule has 1 atom stereocenters. The Morgan fingerprint density at radius 3 is 2.20 bits per heavy atom. The zero-order valence-corrected chi connectivity index (χ0v) is 8.35. The van der Waals surface area contributed by atoms with E-state index in [1.54, 1.807) is 0 Å². The summed E-state index contributed by atoms with van der Waals surface area (Å²) in [5.74, 6) is -6.53. The molecule has 7 nitrogen and oxygen atoms in total. The van der Waals surface area contributed by atoms with Gasteiger partial charge in [-0.15, -0.1) is 0 Å². The molecule has 0 aromatic carbocycles. The first-order chi connectivity index (χ1) is 6.81. The van der Waals surface area contributed by atoms with Crippen molar-refractivity contribution in [1.29, 1.82) is 0 Å². The standard InChI is InChI=1S/C8H12O7/c1-3-14-7(12)8(13,4-6(10)11)15-5(2)9/h13H,3-4H2,1-2H3,(H,10,11). The maximum atomic E-state index is 11.1. The minimum absolute atomic E-state index is 0.0674. The van der Waals surface area contributed by atoms with Crippen LogP contribution in [-0.4, -0.2) is 40.5 Å². The zero-order chi connectivity index (χ0) is 12.1. The molecule has 86 valence electrons. The molecule has 0 aromatic heterocycles. The largest absolute Gasteiger partial charge is 0.481 e. The van der Waals surface area contributed by atoms with Gasteiger partial charge in [0.2, 0.25) is 0 Å². The van der Waals surface area contributed by atoms with Gasteiger partial charge in [-0.3, -0.25) is 9.59 Å². The molecule has 2 N–H and O–H groups in total. The maximum Gasteiger partial charge on any atom is 0.380 e. The van der Waals surface area contributed by atoms with Gasteiger partial charge in [0.05, 0.1) is 6.61 Å². The fourth-order valence-corrected chi connectivity index (χ4v) is 0.837. The molecule has 0 aliphatic rings. The summed E-state index contributed by atoms with van der Waals surface area (Å²) in [5.41, 5.74) is 0. The van der Waals surface area contributed by atoms with Crippen molar-refractivity contribution in [2.75, 3.05) is 6.61 Å². The van der Waals surface area contributed by atoms with E-state index in [9.17, 15) is 19.5 Å². The van der Waals surface area contributed by atoms with Crippen molar-refractivity contribution in [1.82, 2.24) is 0 Å². The van der Waals surface area contributed by atoms with Gasteiger partial charge in [-0.2, -0.15) is 0 Å². The third kappa shape index (κ3) is 4.41. The number of carboxylic acid groups (broad SMARTS) is 1. The van der Waals surface area contributed by atoms with E-state index in [0.717, 1.165) is 6.92 Å². The molecule has 0 radical (unpaired) electrons. The molecule has 0 amide bonds. The maximum absolute atomic E-state index is 11.1. The van der Waals surface area contributed by atoms with Gasteiger partial charge in [0.25, 0.3) is 0 Å². The number of aliphatic hydroxyl groups is 1. The average molecular weight is 220 g/mol. The molecular weight excluding hydrogens is 208 g/mol. The minimum Gasteiger partial charge on any atom is -0.481 e. The van der Waals surface area contributed by atoms with Crippen LogP contribution in [0.2, 0.25) is 0 Å². The molecule has 0 aromatic rings. The fraction of sp³-hybridized carbons (Fsp3) is 0.625. The smallest absolute Gasteiger partial charge is 0.380 e. The molecular formula is C8H12O7. The van der Waals surface area contributed by atoms with Crippen LogP contribution >= 0.6 is 0 Å². The first-order valence-corrected chi connectivity index (χ1v) is 4.12. The number of esters is 2. The summed E-state index contributed by atoms with van der Waals surface area (Å²) in [7, 11) is 0. The molecule has 0 aliphatic heterocycles. The molecule has 0 heterocycles. The van der Waals surface area contributed by atoms with Crippen molar-refractivity contribution in [3.63, 3.8) is 0 Å². The van der Waals surface area contributed by atoms with E-state index in [4.69, 9.17) is 5.11 Å². The van der Waals surface area contributed by atoms with Crippen molar-refractivity contribution < 1.29 is 34.1 Å². The highest BCUT2D eigenvalue weighted by Crippen LogP contribution is 2.15. The number of carbonyl (C=O) groups excluding carboxylic acids is 2. The Morgan fingerprint density at radius 1 is 1.33 bits per heavy atom. The number of hydrogen-bond donors (Lipinski definition) is 2. The number of rotatable bonds is 5. The lowest BCUT2D eigenvalue weighted by Crippen LogP contribution is -2.46. The Morgan fingerprint density at radius 2 is 1.87 bits per heavy atom. The van der Waals surface area contributed by atoms with Crippen molar-refractivity contribution in [2.45, 2.75) is 26.1 Å². The van der Waals surface area contributed by atoms with Crippen molar-refractivity contribution >= 4 is 17.9 Å². The van der Waals surface area contributed by atoms with Gasteiger partial charge >= 0.3 is 23.7 Å². The second-order valence-electron chi connectivity index (χ2n) is 2.67. The summed E-state index contributed by atoms with van der Waals surface area (Å²) < 4.78 is 8.60. The predicted octanol–water partition coefficient (Wildman–Crippen LogP) is -0.724. The van der Waals surface area contributed by atoms with Crippen LogP contribution in [0, 0.1) is 0 Å². The second-order valence-corrected chi connectivity index (χ2v) is 2.67. The molecule has 1 unspecified atom stereocenters. The molecule has 0 spiro atoms. The van der Waals surface area contributed by atoms with Crippen LogP contribution in [0.25, 0.3) is 0 Å². The van der Waals surface area contributed by atoms with Crippen molar-refractivity contribution in [2.24, 2.45) is 0 Å². The summed E-state index contributed by atoms with van der Waals surface area (Å²) in [6.07, 6.45) is -1.06. The fourth-order valence-electron chi connectivity index (χ4n) is 0.837. The lowest BCUT2D eigenvalue weighted by Gasteiger charge is -2.22. The third-order valence-electron chi connectivity index (χ3n) is 1.30. The van der Waals surface area contributed by atoms with Crippen LogP contribution in [-0.2, 0) is 23.9 Å². The quantitative estimate of drug-likeness (QED) is 0.464. The topological polar surface area (TPSA) is 110 Å². The summed E-state index contributed by atoms with van der Waals surface area (Å²) >= 11 is 0. The zero-order valence-electron chi connectivity index (χ0n) is 8.35. The lowest BCUT2D eigenvalue weighted by atomic mass is 10.2. The van der Waals surface area contributed by atoms with E-state index in [0.29, 0.717) is 0 Å². The van der Waals surface area contributed by atoms with E-state index in [2.05, 4.69) is 9.47 Å². The molecule has 0 saturated heterocycles. The van der Waals surface area contributed by atoms with E-state index in [1.807, 2.05) is 0 Å². The predicted molar refractivity (Wildman–Crippen MR) is 45.6 cm³/mol. The van der Waals surface area contributed by atoms with E-state index >= 15 is 0 Å². The van der Waals surface area contributed by atoms with Crippen LogP contribution in [0.1, 0.15) is 20.3 Å². The Labute approximate surface area is 85.6 Å². The number of hydrogen-bond acceptors (Lipinski definition) is 6. The van der Waals surface area contributed by atoms with Crippen molar-refractivity contribution in [3.8, 4) is 0 Å². The molecule has 15 heavy (non-hydrogen) atoms. The van der Waals surface area contributed by atoms with Crippen LogP contribution in [0.3, 0.4) is 0 Å². The van der Waals surface area contributed by atoms with Crippen LogP contribution in [0.15, 0.2) is 0 Å². The van der Waals surface area contributed by atoms with E-state index in [1.165, 1.54) is 6.92 Å². The Hall–Kier alpha value is -1.63. The van der Waals surface area contributed by atoms with Gasteiger partial charge in [-0.25, -0.2) is 4.79 Å². The number of carboxylic acids is 1. The minimum atomic E-state index is -2.76. The number of carbonyl (C=O) groups is 3. The average Bonchev–Trinajstić information content (AvgIpc) is 2.01. The normalized spacial score (nSPS) is 13.8. The monoisotopic (exact) mass is 220 g/mol. The van der Waals surface area contributed by atoms with Gasteiger partial charge < -0.3 is 19.7 Å². The first kappa shape index (κ1) is 13.4. The third-order valence-corrected chi connectivity index (χ3v) is 1.30. The SMILES string of the molecule is CCOC(=O)C(O)(CC(=O)O)OC(C)=O. The molecule has 7 heteroatoms. The summed E-state index contributed by atoms with van der Waals surface area (Å²) in [5, 5.41) is 17.9. The Kier molecular flexibility index (Phi) is 4.72. The van der Waals surface area contributed by atoms with Crippen LogP contribution in [0.5, 0.6) is 0 Å². The second kappa shape index (κ2) is 5.30. The van der Waals surface area contributed by atoms with Crippen molar-refractivity contribution in [3.05, 3.63) is 0 Å². The van der Waals surface area contributed by atoms with E-state index < -0.39 is 30.1 Å². The van der Waals surface area contributed by atoms with E-state index in [-0.39, 0.29) is 6.61 Å². The first-order valence-electron chi connectivity index (χ1n) is 4.12. The van der Waals surface area contributed by atoms with Gasteiger partial charge in [-0.1, -0.05) is 0 Å². The summed E-state index contributed by atoms with van der Waals surface area (Å²) in [6.45, 7) is 2.33. The van der Waals surface area contributed by atoms with Gasteiger partial charge in [-0.05, 0) is 6.92 Å². The van der Waals surface area contributed by atoms with Crippen LogP contribution in [0.4, 0.5) is 0 Å². The Bertz CT molecular complexity index is 254. The highest BCUT2D eigenvalue weighted by molar-refractivity contribution is 5.85. The number of aliphatic carboxylic acids is 1. The van der Waals surface area contributed by atoms with Gasteiger partial charge in [0.1, 0.15) is 6.42 Å². The van der Waals surface area contributed by atoms with Gasteiger partial charge in [0.15, 0.2) is 0 Å². The van der Waals surface area contributed by atoms with Crippen LogP contribution < -0.4 is 0 Å². The highest BCUT2D eigenvalue weighted by atomic mass is 16.7. The number of ether oxygens (including phenoxy) is 2. The summed E-state index contributed by atoms with van der Waals surface area (Å²) in [4.78, 5) is 32.0. The molecule has 0 fully saturated rings. The molecule has 0 bridgehead atoms. The lowest BCUT2D eigenvalue weighted by molar-refractivity contribution is -0.228. The molecule has 0 aliphatic carbocycles. The molecule has 0 saturated carbocycles.